The minimum absolute atomic E-state index is 1.90. The third kappa shape index (κ3) is 4.98. The molecule has 0 bridgehead atoms. The summed E-state index contributed by atoms with van der Waals surface area (Å²) < 4.78 is 218. The highest BCUT2D eigenvalue weighted by molar-refractivity contribution is 5.04. The van der Waals surface area contributed by atoms with Gasteiger partial charge in [0.1, 0.15) is 0 Å². The maximum absolute atomic E-state index is 13.3. The standard InChI is InChI=1S/C12H9F17O/c13-5(14,3-7(17,18)9(21,22)6(15,16)1-2-30)4-8(19,20)10(23,24)11(25,26)12(27,28)29/h30H,1-4H2. The molecule has 0 heterocycles. The second-order valence-electron chi connectivity index (χ2n) is 6.02. The molecule has 0 rings (SSSR count). The summed E-state index contributed by atoms with van der Waals surface area (Å²) in [5.74, 6) is -48.1. The molecule has 182 valence electrons. The molecule has 0 spiro atoms. The van der Waals surface area contributed by atoms with Crippen LogP contribution < -0.4 is 0 Å². The van der Waals surface area contributed by atoms with E-state index in [9.17, 15) is 74.6 Å². The summed E-state index contributed by atoms with van der Waals surface area (Å²) in [6.07, 6.45) is -18.2. The first-order chi connectivity index (χ1) is 12.7. The third-order valence-electron chi connectivity index (χ3n) is 3.52. The van der Waals surface area contributed by atoms with E-state index >= 15 is 0 Å². The maximum Gasteiger partial charge on any atom is 0.460 e. The van der Waals surface area contributed by atoms with Gasteiger partial charge in [-0.1, -0.05) is 0 Å². The van der Waals surface area contributed by atoms with E-state index in [2.05, 4.69) is 0 Å². The molecule has 0 amide bonds. The Kier molecular flexibility index (Phi) is 7.40. The highest BCUT2D eigenvalue weighted by Gasteiger charge is 2.83. The van der Waals surface area contributed by atoms with Gasteiger partial charge in [-0.15, -0.1) is 0 Å². The fraction of sp³-hybridized carbons (Fsp3) is 1.00. The third-order valence-corrected chi connectivity index (χ3v) is 3.52. The number of aliphatic hydroxyl groups is 1. The molecular formula is C12H9F17O. The minimum atomic E-state index is -7.67. The molecule has 30 heavy (non-hydrogen) atoms. The zero-order valence-corrected chi connectivity index (χ0v) is 13.7. The van der Waals surface area contributed by atoms with Gasteiger partial charge in [-0.05, 0) is 0 Å². The summed E-state index contributed by atoms with van der Waals surface area (Å²) in [6.45, 7) is -1.90. The van der Waals surface area contributed by atoms with Gasteiger partial charge in [0, 0.05) is 13.0 Å². The Bertz CT molecular complexity index is 590. The molecule has 0 aliphatic carbocycles. The minimum Gasteiger partial charge on any atom is -0.396 e. The molecule has 0 aliphatic heterocycles. The predicted molar refractivity (Wildman–Crippen MR) is 61.6 cm³/mol. The number of rotatable bonds is 10. The van der Waals surface area contributed by atoms with Crippen molar-refractivity contribution < 1.29 is 79.7 Å². The summed E-state index contributed by atoms with van der Waals surface area (Å²) in [4.78, 5) is 0. The van der Waals surface area contributed by atoms with E-state index in [0.29, 0.717) is 0 Å². The van der Waals surface area contributed by atoms with E-state index in [0.717, 1.165) is 0 Å². The molecule has 0 aromatic carbocycles. The van der Waals surface area contributed by atoms with Crippen molar-refractivity contribution in [2.24, 2.45) is 0 Å². The first-order valence-corrected chi connectivity index (χ1v) is 7.05. The number of alkyl halides is 17. The van der Waals surface area contributed by atoms with Crippen LogP contribution in [-0.2, 0) is 0 Å². The number of hydrogen-bond acceptors (Lipinski definition) is 1. The summed E-state index contributed by atoms with van der Waals surface area (Å²) >= 11 is 0. The van der Waals surface area contributed by atoms with Crippen LogP contribution in [0.15, 0.2) is 0 Å². The van der Waals surface area contributed by atoms with Crippen LogP contribution in [-0.4, -0.2) is 59.3 Å². The first-order valence-electron chi connectivity index (χ1n) is 7.05. The molecule has 0 saturated heterocycles. The topological polar surface area (TPSA) is 20.2 Å². The van der Waals surface area contributed by atoms with Gasteiger partial charge in [-0.25, -0.2) is 8.78 Å². The van der Waals surface area contributed by atoms with Crippen LogP contribution in [0.2, 0.25) is 0 Å². The maximum atomic E-state index is 13.3. The Morgan fingerprint density at radius 1 is 0.433 bits per heavy atom. The normalized spacial score (nSPS) is 16.2. The van der Waals surface area contributed by atoms with Crippen LogP contribution in [0.4, 0.5) is 74.6 Å². The molecule has 1 N–H and O–H groups in total. The Balaban J connectivity index is 5.92. The molecule has 18 heteroatoms. The number of hydrogen-bond donors (Lipinski definition) is 1. The van der Waals surface area contributed by atoms with E-state index in [4.69, 9.17) is 5.11 Å². The van der Waals surface area contributed by atoms with Crippen LogP contribution in [0, 0.1) is 0 Å². The van der Waals surface area contributed by atoms with Gasteiger partial charge in [0.25, 0.3) is 5.92 Å². The second-order valence-corrected chi connectivity index (χ2v) is 6.02. The molecule has 0 aliphatic rings. The Morgan fingerprint density at radius 3 is 1.07 bits per heavy atom. The van der Waals surface area contributed by atoms with Crippen molar-refractivity contribution in [3.05, 3.63) is 0 Å². The van der Waals surface area contributed by atoms with Crippen molar-refractivity contribution in [2.75, 3.05) is 6.61 Å². The summed E-state index contributed by atoms with van der Waals surface area (Å²) in [6, 6.07) is 0. The Labute approximate surface area is 154 Å². The number of halogens is 17. The Morgan fingerprint density at radius 2 is 0.767 bits per heavy atom. The van der Waals surface area contributed by atoms with Crippen molar-refractivity contribution in [1.29, 1.82) is 0 Å². The molecule has 0 unspecified atom stereocenters. The van der Waals surface area contributed by atoms with Crippen molar-refractivity contribution in [3.8, 4) is 0 Å². The summed E-state index contributed by atoms with van der Waals surface area (Å²) in [5.41, 5.74) is 0. The smallest absolute Gasteiger partial charge is 0.396 e. The van der Waals surface area contributed by atoms with E-state index < -0.39 is 73.5 Å². The predicted octanol–water partition coefficient (Wildman–Crippen LogP) is 6.16. The van der Waals surface area contributed by atoms with Crippen LogP contribution in [0.3, 0.4) is 0 Å². The lowest BCUT2D eigenvalue weighted by molar-refractivity contribution is -0.402. The molecule has 0 radical (unpaired) electrons. The lowest BCUT2D eigenvalue weighted by Gasteiger charge is -2.37. The SMILES string of the molecule is OCCC(F)(F)C(F)(F)C(F)(F)CC(F)(F)CC(F)(F)C(F)(F)C(F)(F)C(F)(F)F. The van der Waals surface area contributed by atoms with Crippen molar-refractivity contribution in [3.63, 3.8) is 0 Å². The zero-order chi connectivity index (χ0) is 24.8. The quantitative estimate of drug-likeness (QED) is 0.363. The lowest BCUT2D eigenvalue weighted by Crippen LogP contribution is -2.62. The van der Waals surface area contributed by atoms with Crippen LogP contribution in [0.5, 0.6) is 0 Å². The fourth-order valence-corrected chi connectivity index (χ4v) is 1.91. The number of aliphatic hydroxyl groups excluding tert-OH is 1. The van der Waals surface area contributed by atoms with E-state index in [1.165, 1.54) is 0 Å². The van der Waals surface area contributed by atoms with Crippen LogP contribution in [0.1, 0.15) is 19.3 Å². The van der Waals surface area contributed by atoms with Gasteiger partial charge >= 0.3 is 41.7 Å². The second kappa shape index (κ2) is 7.72. The monoisotopic (exact) mass is 492 g/mol. The molecule has 0 aromatic rings. The van der Waals surface area contributed by atoms with Gasteiger partial charge in [0.2, 0.25) is 0 Å². The van der Waals surface area contributed by atoms with Gasteiger partial charge < -0.3 is 5.11 Å². The molecule has 0 fully saturated rings. The van der Waals surface area contributed by atoms with Crippen LogP contribution >= 0.6 is 0 Å². The van der Waals surface area contributed by atoms with E-state index in [1.807, 2.05) is 0 Å². The molecule has 1 nitrogen and oxygen atoms in total. The first kappa shape index (κ1) is 28.8. The summed E-state index contributed by atoms with van der Waals surface area (Å²) in [7, 11) is 0. The molecule has 0 saturated carbocycles. The largest absolute Gasteiger partial charge is 0.460 e. The van der Waals surface area contributed by atoms with Crippen molar-refractivity contribution in [1.82, 2.24) is 0 Å². The van der Waals surface area contributed by atoms with Gasteiger partial charge in [0.15, 0.2) is 0 Å². The molecule has 0 atom stereocenters. The summed E-state index contributed by atoms with van der Waals surface area (Å²) in [5, 5.41) is 8.10. The Hall–Kier alpha value is -1.23. The van der Waals surface area contributed by atoms with E-state index in [-0.39, 0.29) is 0 Å². The average Bonchev–Trinajstić information content (AvgIpc) is 2.42. The lowest BCUT2D eigenvalue weighted by atomic mass is 9.91. The molecule has 0 aromatic heterocycles. The molecular weight excluding hydrogens is 483 g/mol. The van der Waals surface area contributed by atoms with E-state index in [1.54, 1.807) is 0 Å². The highest BCUT2D eigenvalue weighted by atomic mass is 19.4. The van der Waals surface area contributed by atoms with Gasteiger partial charge in [-0.2, -0.15) is 65.9 Å². The van der Waals surface area contributed by atoms with Gasteiger partial charge in [0.05, 0.1) is 12.8 Å². The fourth-order valence-electron chi connectivity index (χ4n) is 1.91. The highest BCUT2D eigenvalue weighted by Crippen LogP contribution is 2.57. The van der Waals surface area contributed by atoms with Crippen LogP contribution in [0.25, 0.3) is 0 Å². The average molecular weight is 492 g/mol. The van der Waals surface area contributed by atoms with Crippen molar-refractivity contribution in [2.45, 2.75) is 66.9 Å². The zero-order valence-electron chi connectivity index (χ0n) is 13.7. The van der Waals surface area contributed by atoms with Gasteiger partial charge in [-0.3, -0.25) is 0 Å². The van der Waals surface area contributed by atoms with Crippen molar-refractivity contribution >= 4 is 0 Å².